The van der Waals surface area contributed by atoms with Crippen molar-refractivity contribution < 1.29 is 9.59 Å². The van der Waals surface area contributed by atoms with Gasteiger partial charge in [0.2, 0.25) is 0 Å². The van der Waals surface area contributed by atoms with E-state index in [1.165, 1.54) is 64.6 Å². The number of unbranched alkanes of at least 4 members (excludes halogenated alkanes) is 7. The average molecular weight is 374 g/mol. The number of carbonyl (C=O) groups excluding carboxylic acids is 2. The predicted octanol–water partition coefficient (Wildman–Crippen LogP) is 5.64. The number of allylic oxidation sites excluding steroid dienone is 4. The van der Waals surface area contributed by atoms with E-state index in [9.17, 15) is 9.59 Å². The maximum atomic E-state index is 12.4. The maximum absolute atomic E-state index is 12.4. The van der Waals surface area contributed by atoms with E-state index >= 15 is 0 Å². The summed E-state index contributed by atoms with van der Waals surface area (Å²) in [5.41, 5.74) is 2.71. The van der Waals surface area contributed by atoms with Crippen LogP contribution in [0.15, 0.2) is 22.3 Å². The van der Waals surface area contributed by atoms with E-state index in [4.69, 9.17) is 0 Å². The van der Waals surface area contributed by atoms with Crippen LogP contribution >= 0.6 is 0 Å². The molecule has 0 radical (unpaired) electrons. The van der Waals surface area contributed by atoms with Gasteiger partial charge in [0.15, 0.2) is 11.6 Å². The fourth-order valence-corrected chi connectivity index (χ4v) is 4.38. The van der Waals surface area contributed by atoms with E-state index in [0.717, 1.165) is 30.8 Å². The molecule has 1 unspecified atom stereocenters. The van der Waals surface area contributed by atoms with Gasteiger partial charge in [-0.1, -0.05) is 45.4 Å². The molecule has 3 nitrogen and oxygen atoms in total. The summed E-state index contributed by atoms with van der Waals surface area (Å²) in [6.45, 7) is 11.6. The van der Waals surface area contributed by atoms with Crippen LogP contribution in [-0.4, -0.2) is 36.1 Å². The molecule has 0 aromatic carbocycles. The third-order valence-corrected chi connectivity index (χ3v) is 6.47. The lowest BCUT2D eigenvalue weighted by Crippen LogP contribution is -2.21. The fourth-order valence-electron chi connectivity index (χ4n) is 4.38. The number of rotatable bonds is 11. The summed E-state index contributed by atoms with van der Waals surface area (Å²) in [6.07, 6.45) is 12.2. The van der Waals surface area contributed by atoms with Crippen molar-refractivity contribution in [2.45, 2.75) is 91.9 Å². The van der Waals surface area contributed by atoms with Gasteiger partial charge in [-0.25, -0.2) is 0 Å². The zero-order valence-electron chi connectivity index (χ0n) is 18.0. The SMILES string of the molecule is CC1=C(C)C(=O)C(CCCCCCCCCCN2CCC(C)C2)=C(C)C1=O. The molecule has 0 bridgehead atoms. The summed E-state index contributed by atoms with van der Waals surface area (Å²) in [5.74, 6) is 1.05. The minimum absolute atomic E-state index is 0.0606. The van der Waals surface area contributed by atoms with Crippen LogP contribution in [0.3, 0.4) is 0 Å². The monoisotopic (exact) mass is 373 g/mol. The minimum atomic E-state index is 0.0606. The van der Waals surface area contributed by atoms with Crippen LogP contribution in [0.4, 0.5) is 0 Å². The van der Waals surface area contributed by atoms with Gasteiger partial charge in [-0.3, -0.25) is 9.59 Å². The Kier molecular flexibility index (Phi) is 8.95. The van der Waals surface area contributed by atoms with Crippen LogP contribution in [-0.2, 0) is 9.59 Å². The normalized spacial score (nSPS) is 21.7. The molecule has 1 aliphatic heterocycles. The van der Waals surface area contributed by atoms with Crippen molar-refractivity contribution in [1.29, 1.82) is 0 Å². The number of hydrogen-bond acceptors (Lipinski definition) is 3. The Morgan fingerprint density at radius 3 is 1.93 bits per heavy atom. The average Bonchev–Trinajstić information content (AvgIpc) is 3.07. The molecule has 0 saturated carbocycles. The molecule has 1 aliphatic carbocycles. The summed E-state index contributed by atoms with van der Waals surface area (Å²) < 4.78 is 0. The lowest BCUT2D eigenvalue weighted by molar-refractivity contribution is -0.116. The summed E-state index contributed by atoms with van der Waals surface area (Å²) >= 11 is 0. The van der Waals surface area contributed by atoms with Crippen LogP contribution in [0.5, 0.6) is 0 Å². The molecule has 0 amide bonds. The lowest BCUT2D eigenvalue weighted by atomic mass is 9.84. The number of hydrogen-bond donors (Lipinski definition) is 0. The Morgan fingerprint density at radius 1 is 0.778 bits per heavy atom. The van der Waals surface area contributed by atoms with Crippen LogP contribution in [0.2, 0.25) is 0 Å². The molecule has 1 atom stereocenters. The van der Waals surface area contributed by atoms with Gasteiger partial charge in [0, 0.05) is 28.8 Å². The second-order valence-corrected chi connectivity index (χ2v) is 8.78. The van der Waals surface area contributed by atoms with E-state index in [1.807, 2.05) is 6.92 Å². The predicted molar refractivity (Wildman–Crippen MR) is 113 cm³/mol. The number of nitrogens with zero attached hydrogens (tertiary/aromatic N) is 1. The van der Waals surface area contributed by atoms with Gasteiger partial charge in [0.25, 0.3) is 0 Å². The van der Waals surface area contributed by atoms with Crippen molar-refractivity contribution in [1.82, 2.24) is 4.90 Å². The lowest BCUT2D eigenvalue weighted by Gasteiger charge is -2.18. The molecular weight excluding hydrogens is 334 g/mol. The maximum Gasteiger partial charge on any atom is 0.185 e. The minimum Gasteiger partial charge on any atom is -0.303 e. The molecule has 0 spiro atoms. The van der Waals surface area contributed by atoms with Crippen LogP contribution in [0.25, 0.3) is 0 Å². The van der Waals surface area contributed by atoms with E-state index < -0.39 is 0 Å². The molecule has 0 N–H and O–H groups in total. The van der Waals surface area contributed by atoms with Crippen molar-refractivity contribution >= 4 is 11.6 Å². The van der Waals surface area contributed by atoms with Gasteiger partial charge in [-0.2, -0.15) is 0 Å². The summed E-state index contributed by atoms with van der Waals surface area (Å²) in [4.78, 5) is 27.2. The first kappa shape index (κ1) is 22.1. The molecule has 152 valence electrons. The largest absolute Gasteiger partial charge is 0.303 e. The smallest absolute Gasteiger partial charge is 0.185 e. The van der Waals surface area contributed by atoms with Gasteiger partial charge in [-0.05, 0) is 65.5 Å². The second-order valence-electron chi connectivity index (χ2n) is 8.78. The van der Waals surface area contributed by atoms with Crippen molar-refractivity contribution in [2.24, 2.45) is 5.92 Å². The molecule has 0 aromatic heterocycles. The molecule has 0 aromatic rings. The summed E-state index contributed by atoms with van der Waals surface area (Å²) in [6, 6.07) is 0. The van der Waals surface area contributed by atoms with Crippen molar-refractivity contribution in [3.63, 3.8) is 0 Å². The highest BCUT2D eigenvalue weighted by Crippen LogP contribution is 2.27. The number of carbonyl (C=O) groups is 2. The topological polar surface area (TPSA) is 37.4 Å². The molecule has 1 fully saturated rings. The third kappa shape index (κ3) is 6.41. The van der Waals surface area contributed by atoms with E-state index in [2.05, 4.69) is 11.8 Å². The fraction of sp³-hybridized carbons (Fsp3) is 0.750. The zero-order valence-corrected chi connectivity index (χ0v) is 18.0. The highest BCUT2D eigenvalue weighted by molar-refractivity contribution is 6.24. The highest BCUT2D eigenvalue weighted by Gasteiger charge is 2.27. The van der Waals surface area contributed by atoms with Gasteiger partial charge in [-0.15, -0.1) is 0 Å². The Balaban J connectivity index is 1.50. The molecule has 3 heteroatoms. The third-order valence-electron chi connectivity index (χ3n) is 6.47. The zero-order chi connectivity index (χ0) is 19.8. The molecular formula is C24H39NO2. The standard InChI is InChI=1S/C24H39NO2/c1-18-14-16-25(17-18)15-12-10-8-6-5-7-9-11-13-22-21(4)23(26)19(2)20(3)24(22)27/h18H,5-17H2,1-4H3. The first-order chi connectivity index (χ1) is 12.9. The van der Waals surface area contributed by atoms with Crippen molar-refractivity contribution in [2.75, 3.05) is 19.6 Å². The van der Waals surface area contributed by atoms with Gasteiger partial charge in [0.05, 0.1) is 0 Å². The molecule has 2 aliphatic rings. The van der Waals surface area contributed by atoms with Gasteiger partial charge >= 0.3 is 0 Å². The van der Waals surface area contributed by atoms with E-state index in [0.29, 0.717) is 16.7 Å². The van der Waals surface area contributed by atoms with Crippen molar-refractivity contribution in [3.8, 4) is 0 Å². The molecule has 27 heavy (non-hydrogen) atoms. The van der Waals surface area contributed by atoms with Crippen LogP contribution < -0.4 is 0 Å². The molecule has 2 rings (SSSR count). The van der Waals surface area contributed by atoms with Crippen LogP contribution in [0, 0.1) is 5.92 Å². The molecule has 1 saturated heterocycles. The van der Waals surface area contributed by atoms with Gasteiger partial charge < -0.3 is 4.90 Å². The second kappa shape index (κ2) is 10.9. The quantitative estimate of drug-likeness (QED) is 0.347. The first-order valence-electron chi connectivity index (χ1n) is 11.1. The van der Waals surface area contributed by atoms with Gasteiger partial charge in [0.1, 0.15) is 0 Å². The van der Waals surface area contributed by atoms with E-state index in [-0.39, 0.29) is 11.6 Å². The Morgan fingerprint density at radius 2 is 1.33 bits per heavy atom. The van der Waals surface area contributed by atoms with E-state index in [1.54, 1.807) is 13.8 Å². The summed E-state index contributed by atoms with van der Waals surface area (Å²) in [7, 11) is 0. The Labute approximate surface area is 166 Å². The van der Waals surface area contributed by atoms with Crippen LogP contribution in [0.1, 0.15) is 91.9 Å². The Hall–Kier alpha value is -1.22. The number of likely N-dealkylation sites (tertiary alicyclic amines) is 1. The Bertz CT molecular complexity index is 600. The highest BCUT2D eigenvalue weighted by atomic mass is 16.1. The summed E-state index contributed by atoms with van der Waals surface area (Å²) in [5, 5.41) is 0. The first-order valence-corrected chi connectivity index (χ1v) is 11.1. The number of Topliss-reactive ketones (excluding diaryl/α,β-unsaturated/α-hetero) is 2. The number of ketones is 2. The van der Waals surface area contributed by atoms with Crippen molar-refractivity contribution in [3.05, 3.63) is 22.3 Å². The molecule has 1 heterocycles.